The Kier molecular flexibility index (Phi) is 20.9. The number of rotatable bonds is 22. The maximum absolute atomic E-state index is 11.9. The van der Waals surface area contributed by atoms with Crippen LogP contribution in [0.4, 0.5) is 0 Å². The summed E-state index contributed by atoms with van der Waals surface area (Å²) in [7, 11) is 0. The predicted octanol–water partition coefficient (Wildman–Crippen LogP) is 7.62. The summed E-state index contributed by atoms with van der Waals surface area (Å²) in [6, 6.07) is 0. The maximum atomic E-state index is 11.9. The van der Waals surface area contributed by atoms with E-state index in [-0.39, 0.29) is 13.0 Å². The number of unbranched alkanes of at least 4 members (excludes halogenated alkanes) is 13. The lowest BCUT2D eigenvalue weighted by Crippen LogP contribution is -2.21. The summed E-state index contributed by atoms with van der Waals surface area (Å²) in [6.07, 6.45) is 25.3. The molecule has 1 N–H and O–H groups in total. The molecule has 0 radical (unpaired) electrons. The van der Waals surface area contributed by atoms with Crippen molar-refractivity contribution < 1.29 is 19.4 Å². The molecule has 0 heterocycles. The molecule has 0 aliphatic heterocycles. The van der Waals surface area contributed by atoms with Crippen molar-refractivity contribution in [2.45, 2.75) is 116 Å². The minimum atomic E-state index is -0.947. The third-order valence-corrected chi connectivity index (χ3v) is 5.41. The van der Waals surface area contributed by atoms with Crippen molar-refractivity contribution in [3.8, 4) is 0 Å². The van der Waals surface area contributed by atoms with Gasteiger partial charge < -0.3 is 9.84 Å². The lowest BCUT2D eigenvalue weighted by atomic mass is 9.97. The van der Waals surface area contributed by atoms with Crippen LogP contribution in [0.2, 0.25) is 0 Å². The van der Waals surface area contributed by atoms with Crippen LogP contribution in [0.25, 0.3) is 0 Å². The van der Waals surface area contributed by atoms with Gasteiger partial charge in [-0.25, -0.2) is 0 Å². The molecule has 0 bridgehead atoms. The molecule has 0 spiro atoms. The Bertz CT molecular complexity index is 456. The van der Waals surface area contributed by atoms with E-state index in [9.17, 15) is 9.59 Å². The van der Waals surface area contributed by atoms with E-state index in [1.165, 1.54) is 83.1 Å². The Hall–Kier alpha value is -1.58. The molecule has 4 heteroatoms. The van der Waals surface area contributed by atoms with Crippen molar-refractivity contribution in [3.63, 3.8) is 0 Å². The van der Waals surface area contributed by atoms with Crippen molar-refractivity contribution in [1.82, 2.24) is 0 Å². The number of hydrogen-bond acceptors (Lipinski definition) is 3. The van der Waals surface area contributed by atoms with E-state index in [1.54, 1.807) is 0 Å². The van der Waals surface area contributed by atoms with Crippen LogP contribution in [0.15, 0.2) is 24.8 Å². The topological polar surface area (TPSA) is 63.6 Å². The highest BCUT2D eigenvalue weighted by Gasteiger charge is 2.22. The summed E-state index contributed by atoms with van der Waals surface area (Å²) in [5.74, 6) is -1.90. The second-order valence-corrected chi connectivity index (χ2v) is 8.29. The molecule has 0 rings (SSSR count). The van der Waals surface area contributed by atoms with Crippen molar-refractivity contribution >= 4 is 11.9 Å². The first kappa shape index (κ1) is 28.4. The van der Waals surface area contributed by atoms with Gasteiger partial charge in [0.05, 0.1) is 12.3 Å². The summed E-state index contributed by atoms with van der Waals surface area (Å²) in [4.78, 5) is 22.8. The van der Waals surface area contributed by atoms with Gasteiger partial charge in [-0.2, -0.15) is 0 Å². The van der Waals surface area contributed by atoms with Crippen LogP contribution in [0.5, 0.6) is 0 Å². The van der Waals surface area contributed by atoms with E-state index in [4.69, 9.17) is 9.84 Å². The van der Waals surface area contributed by atoms with Crippen LogP contribution in [0.1, 0.15) is 116 Å². The standard InChI is InChI=1S/C26H46O4/c1-3-5-6-7-8-9-10-11-12-13-14-15-16-17-18-19-20-21-24(23-25(27)28)26(29)30-22-4-2/h4,10-11,24H,2-3,5-9,12-23H2,1H3,(H,27,28)/b11-10+. The highest BCUT2D eigenvalue weighted by atomic mass is 16.5. The van der Waals surface area contributed by atoms with Crippen LogP contribution in [-0.4, -0.2) is 23.7 Å². The second kappa shape index (κ2) is 22.1. The summed E-state index contributed by atoms with van der Waals surface area (Å²) >= 11 is 0. The van der Waals surface area contributed by atoms with Gasteiger partial charge in [0.25, 0.3) is 0 Å². The van der Waals surface area contributed by atoms with E-state index < -0.39 is 17.9 Å². The van der Waals surface area contributed by atoms with Gasteiger partial charge in [0.1, 0.15) is 6.61 Å². The first-order chi connectivity index (χ1) is 14.6. The van der Waals surface area contributed by atoms with Crippen LogP contribution in [0.3, 0.4) is 0 Å². The summed E-state index contributed by atoms with van der Waals surface area (Å²) in [5.41, 5.74) is 0. The fourth-order valence-corrected chi connectivity index (χ4v) is 3.59. The van der Waals surface area contributed by atoms with Gasteiger partial charge >= 0.3 is 11.9 Å². The Balaban J connectivity index is 3.53. The minimum absolute atomic E-state index is 0.143. The predicted molar refractivity (Wildman–Crippen MR) is 126 cm³/mol. The molecule has 0 amide bonds. The first-order valence-electron chi connectivity index (χ1n) is 12.3. The van der Waals surface area contributed by atoms with E-state index in [0.29, 0.717) is 6.42 Å². The van der Waals surface area contributed by atoms with Gasteiger partial charge in [-0.3, -0.25) is 9.59 Å². The average molecular weight is 423 g/mol. The van der Waals surface area contributed by atoms with Crippen LogP contribution >= 0.6 is 0 Å². The molecule has 0 aromatic carbocycles. The fourth-order valence-electron chi connectivity index (χ4n) is 3.59. The molecule has 0 saturated heterocycles. The Morgan fingerprint density at radius 2 is 1.33 bits per heavy atom. The molecule has 0 aliphatic carbocycles. The zero-order valence-electron chi connectivity index (χ0n) is 19.4. The first-order valence-corrected chi connectivity index (χ1v) is 12.3. The average Bonchev–Trinajstić information content (AvgIpc) is 2.73. The molecular weight excluding hydrogens is 376 g/mol. The minimum Gasteiger partial charge on any atom is -0.481 e. The molecule has 0 saturated carbocycles. The Morgan fingerprint density at radius 1 is 0.833 bits per heavy atom. The van der Waals surface area contributed by atoms with Crippen molar-refractivity contribution in [3.05, 3.63) is 24.8 Å². The molecule has 30 heavy (non-hydrogen) atoms. The number of aliphatic carboxylic acids is 1. The molecule has 0 fully saturated rings. The summed E-state index contributed by atoms with van der Waals surface area (Å²) in [6.45, 7) is 5.91. The smallest absolute Gasteiger partial charge is 0.309 e. The number of ether oxygens (including phenoxy) is 1. The van der Waals surface area contributed by atoms with Crippen LogP contribution in [0, 0.1) is 5.92 Å². The number of carboxylic acid groups (broad SMARTS) is 1. The lowest BCUT2D eigenvalue weighted by Gasteiger charge is -2.13. The van der Waals surface area contributed by atoms with Crippen molar-refractivity contribution in [2.75, 3.05) is 6.61 Å². The third-order valence-electron chi connectivity index (χ3n) is 5.41. The monoisotopic (exact) mass is 422 g/mol. The molecule has 0 aromatic rings. The maximum Gasteiger partial charge on any atom is 0.309 e. The summed E-state index contributed by atoms with van der Waals surface area (Å²) < 4.78 is 5.01. The van der Waals surface area contributed by atoms with Crippen molar-refractivity contribution in [1.29, 1.82) is 0 Å². The number of carbonyl (C=O) groups excluding carboxylic acids is 1. The number of carboxylic acids is 1. The Morgan fingerprint density at radius 3 is 1.83 bits per heavy atom. The second-order valence-electron chi connectivity index (χ2n) is 8.29. The van der Waals surface area contributed by atoms with Gasteiger partial charge in [-0.05, 0) is 32.1 Å². The quantitative estimate of drug-likeness (QED) is 0.111. The molecule has 1 unspecified atom stereocenters. The zero-order valence-corrected chi connectivity index (χ0v) is 19.4. The van der Waals surface area contributed by atoms with E-state index in [1.807, 2.05) is 0 Å². The highest BCUT2D eigenvalue weighted by molar-refractivity contribution is 5.79. The molecular formula is C26H46O4. The number of esters is 1. The Labute approximate surface area is 185 Å². The van der Waals surface area contributed by atoms with E-state index in [2.05, 4.69) is 25.7 Å². The molecule has 174 valence electrons. The molecule has 4 nitrogen and oxygen atoms in total. The van der Waals surface area contributed by atoms with Gasteiger partial charge in [-0.1, -0.05) is 102 Å². The fraction of sp³-hybridized carbons (Fsp3) is 0.769. The number of carbonyl (C=O) groups is 2. The SMILES string of the molecule is C=CCOC(=O)C(CCCCCCCCCC/C=C/CCCCCCC)CC(=O)O. The summed E-state index contributed by atoms with van der Waals surface area (Å²) in [5, 5.41) is 8.97. The van der Waals surface area contributed by atoms with Crippen LogP contribution in [-0.2, 0) is 14.3 Å². The third kappa shape index (κ3) is 19.7. The van der Waals surface area contributed by atoms with Gasteiger partial charge in [-0.15, -0.1) is 0 Å². The van der Waals surface area contributed by atoms with Crippen LogP contribution < -0.4 is 0 Å². The van der Waals surface area contributed by atoms with Gasteiger partial charge in [0.15, 0.2) is 0 Å². The molecule has 0 aromatic heterocycles. The highest BCUT2D eigenvalue weighted by Crippen LogP contribution is 2.18. The van der Waals surface area contributed by atoms with Gasteiger partial charge in [0.2, 0.25) is 0 Å². The largest absolute Gasteiger partial charge is 0.481 e. The molecule has 1 atom stereocenters. The number of hydrogen-bond donors (Lipinski definition) is 1. The van der Waals surface area contributed by atoms with Gasteiger partial charge in [0, 0.05) is 0 Å². The molecule has 0 aliphatic rings. The van der Waals surface area contributed by atoms with E-state index >= 15 is 0 Å². The zero-order chi connectivity index (χ0) is 22.3. The normalized spacial score (nSPS) is 12.2. The lowest BCUT2D eigenvalue weighted by molar-refractivity contribution is -0.152. The van der Waals surface area contributed by atoms with E-state index in [0.717, 1.165) is 19.3 Å². The van der Waals surface area contributed by atoms with Crippen molar-refractivity contribution in [2.24, 2.45) is 5.92 Å². The number of allylic oxidation sites excluding steroid dienone is 2.